The van der Waals surface area contributed by atoms with Gasteiger partial charge in [0.1, 0.15) is 12.1 Å². The van der Waals surface area contributed by atoms with E-state index in [0.717, 1.165) is 24.8 Å². The average Bonchev–Trinajstić information content (AvgIpc) is 3.04. The molecule has 2 aliphatic rings. The predicted octanol–water partition coefficient (Wildman–Crippen LogP) is 1.45. The summed E-state index contributed by atoms with van der Waals surface area (Å²) in [6.07, 6.45) is 8.87. The van der Waals surface area contributed by atoms with Crippen molar-refractivity contribution in [2.24, 2.45) is 5.92 Å². The molecule has 2 fully saturated rings. The van der Waals surface area contributed by atoms with Crippen LogP contribution in [0.5, 0.6) is 0 Å². The van der Waals surface area contributed by atoms with Gasteiger partial charge in [0.05, 0.1) is 0 Å². The highest BCUT2D eigenvalue weighted by atomic mass is 15.2. The summed E-state index contributed by atoms with van der Waals surface area (Å²) in [5, 5.41) is 3.57. The highest BCUT2D eigenvalue weighted by Crippen LogP contribution is 2.31. The Labute approximate surface area is 102 Å². The van der Waals surface area contributed by atoms with Crippen LogP contribution in [0.3, 0.4) is 0 Å². The van der Waals surface area contributed by atoms with Crippen LogP contribution in [0.4, 0.5) is 5.82 Å². The minimum atomic E-state index is 0.642. The summed E-state index contributed by atoms with van der Waals surface area (Å²) in [5.74, 6) is 1.98. The zero-order chi connectivity index (χ0) is 11.5. The monoisotopic (exact) mass is 232 g/mol. The SMILES string of the molecule is c1cc(N(CC2CC2)CC2CCCN2)ncn1. The largest absolute Gasteiger partial charge is 0.355 e. The Morgan fingerprint density at radius 1 is 1.29 bits per heavy atom. The van der Waals surface area contributed by atoms with Gasteiger partial charge in [-0.1, -0.05) is 0 Å². The lowest BCUT2D eigenvalue weighted by Gasteiger charge is -2.26. The minimum absolute atomic E-state index is 0.642. The molecule has 0 bridgehead atoms. The van der Waals surface area contributed by atoms with E-state index in [1.807, 2.05) is 12.3 Å². The molecule has 1 saturated carbocycles. The summed E-state index contributed by atoms with van der Waals surface area (Å²) in [6.45, 7) is 3.43. The Hall–Kier alpha value is -1.16. The third-order valence-electron chi connectivity index (χ3n) is 3.67. The van der Waals surface area contributed by atoms with Gasteiger partial charge in [0, 0.05) is 25.3 Å². The van der Waals surface area contributed by atoms with Gasteiger partial charge in [0.15, 0.2) is 0 Å². The molecule has 3 rings (SSSR count). The number of hydrogen-bond acceptors (Lipinski definition) is 4. The molecule has 1 unspecified atom stereocenters. The standard InChI is InChI=1S/C13H20N4/c1-2-12(15-6-1)9-17(8-11-3-4-11)13-5-7-14-10-16-13/h5,7,10-12,15H,1-4,6,8-9H2. The lowest BCUT2D eigenvalue weighted by molar-refractivity contribution is 0.567. The van der Waals surface area contributed by atoms with Gasteiger partial charge in [-0.05, 0) is 44.2 Å². The van der Waals surface area contributed by atoms with Gasteiger partial charge >= 0.3 is 0 Å². The Kier molecular flexibility index (Phi) is 3.22. The number of hydrogen-bond donors (Lipinski definition) is 1. The van der Waals surface area contributed by atoms with Crippen LogP contribution >= 0.6 is 0 Å². The van der Waals surface area contributed by atoms with Crippen LogP contribution in [-0.4, -0.2) is 35.6 Å². The molecule has 1 N–H and O–H groups in total. The third-order valence-corrected chi connectivity index (χ3v) is 3.67. The fourth-order valence-electron chi connectivity index (χ4n) is 2.52. The predicted molar refractivity (Wildman–Crippen MR) is 68.0 cm³/mol. The maximum Gasteiger partial charge on any atom is 0.131 e. The molecule has 1 atom stereocenters. The second-order valence-corrected chi connectivity index (χ2v) is 5.21. The fourth-order valence-corrected chi connectivity index (χ4v) is 2.52. The number of rotatable bonds is 5. The van der Waals surface area contributed by atoms with Crippen molar-refractivity contribution in [3.05, 3.63) is 18.6 Å². The van der Waals surface area contributed by atoms with Crippen LogP contribution in [0.2, 0.25) is 0 Å². The van der Waals surface area contributed by atoms with E-state index in [0.29, 0.717) is 6.04 Å². The Bertz CT molecular complexity index is 344. The van der Waals surface area contributed by atoms with Crippen molar-refractivity contribution in [2.75, 3.05) is 24.5 Å². The molecule has 1 aromatic rings. The molecule has 4 nitrogen and oxygen atoms in total. The van der Waals surface area contributed by atoms with Gasteiger partial charge in [-0.2, -0.15) is 0 Å². The van der Waals surface area contributed by atoms with Crippen molar-refractivity contribution in [2.45, 2.75) is 31.7 Å². The summed E-state index contributed by atoms with van der Waals surface area (Å²) < 4.78 is 0. The number of nitrogens with zero attached hydrogens (tertiary/aromatic N) is 3. The molecule has 0 spiro atoms. The molecule has 4 heteroatoms. The van der Waals surface area contributed by atoms with Crippen molar-refractivity contribution < 1.29 is 0 Å². The van der Waals surface area contributed by atoms with Crippen molar-refractivity contribution >= 4 is 5.82 Å². The summed E-state index contributed by atoms with van der Waals surface area (Å²) >= 11 is 0. The van der Waals surface area contributed by atoms with Crippen LogP contribution in [0.25, 0.3) is 0 Å². The minimum Gasteiger partial charge on any atom is -0.355 e. The molecule has 1 aromatic heterocycles. The molecule has 1 aliphatic carbocycles. The second-order valence-electron chi connectivity index (χ2n) is 5.21. The summed E-state index contributed by atoms with van der Waals surface area (Å²) in [5.41, 5.74) is 0. The van der Waals surface area contributed by atoms with E-state index in [9.17, 15) is 0 Å². The van der Waals surface area contributed by atoms with E-state index in [1.54, 1.807) is 6.33 Å². The first-order valence-electron chi connectivity index (χ1n) is 6.66. The third kappa shape index (κ3) is 2.94. The normalized spacial score (nSPS) is 23.9. The highest BCUT2D eigenvalue weighted by molar-refractivity contribution is 5.37. The Morgan fingerprint density at radius 3 is 2.88 bits per heavy atom. The zero-order valence-electron chi connectivity index (χ0n) is 10.2. The van der Waals surface area contributed by atoms with Gasteiger partial charge in [0.25, 0.3) is 0 Å². The molecule has 0 amide bonds. The van der Waals surface area contributed by atoms with E-state index in [1.165, 1.54) is 32.2 Å². The maximum atomic E-state index is 4.39. The van der Waals surface area contributed by atoms with E-state index in [2.05, 4.69) is 20.2 Å². The topological polar surface area (TPSA) is 41.0 Å². The van der Waals surface area contributed by atoms with Gasteiger partial charge in [-0.25, -0.2) is 9.97 Å². The van der Waals surface area contributed by atoms with Gasteiger partial charge in [0.2, 0.25) is 0 Å². The molecule has 1 saturated heterocycles. The van der Waals surface area contributed by atoms with Gasteiger partial charge in [-0.3, -0.25) is 0 Å². The zero-order valence-corrected chi connectivity index (χ0v) is 10.2. The average molecular weight is 232 g/mol. The first kappa shape index (κ1) is 11.0. The second kappa shape index (κ2) is 5.00. The van der Waals surface area contributed by atoms with Crippen LogP contribution in [0, 0.1) is 5.92 Å². The molecular weight excluding hydrogens is 212 g/mol. The first-order chi connectivity index (χ1) is 8.42. The Balaban J connectivity index is 1.66. The maximum absolute atomic E-state index is 4.39. The Morgan fingerprint density at radius 2 is 2.24 bits per heavy atom. The quantitative estimate of drug-likeness (QED) is 0.834. The number of nitrogens with one attached hydrogen (secondary N) is 1. The van der Waals surface area contributed by atoms with Gasteiger partial charge < -0.3 is 10.2 Å². The summed E-state index contributed by atoms with van der Waals surface area (Å²) in [6, 6.07) is 2.67. The lowest BCUT2D eigenvalue weighted by Crippen LogP contribution is -2.39. The summed E-state index contributed by atoms with van der Waals surface area (Å²) in [7, 11) is 0. The molecule has 0 aromatic carbocycles. The van der Waals surface area contributed by atoms with Crippen LogP contribution in [0.1, 0.15) is 25.7 Å². The molecule has 1 aliphatic heterocycles. The van der Waals surface area contributed by atoms with Crippen LogP contribution in [0.15, 0.2) is 18.6 Å². The van der Waals surface area contributed by atoms with Crippen LogP contribution in [-0.2, 0) is 0 Å². The number of aromatic nitrogens is 2. The molecule has 2 heterocycles. The van der Waals surface area contributed by atoms with E-state index in [4.69, 9.17) is 0 Å². The van der Waals surface area contributed by atoms with E-state index < -0.39 is 0 Å². The van der Waals surface area contributed by atoms with Crippen molar-refractivity contribution in [1.29, 1.82) is 0 Å². The molecular formula is C13H20N4. The number of anilines is 1. The van der Waals surface area contributed by atoms with Crippen molar-refractivity contribution in [3.8, 4) is 0 Å². The van der Waals surface area contributed by atoms with Crippen molar-refractivity contribution in [1.82, 2.24) is 15.3 Å². The van der Waals surface area contributed by atoms with E-state index >= 15 is 0 Å². The summed E-state index contributed by atoms with van der Waals surface area (Å²) in [4.78, 5) is 10.8. The fraction of sp³-hybridized carbons (Fsp3) is 0.692. The van der Waals surface area contributed by atoms with Crippen LogP contribution < -0.4 is 10.2 Å². The molecule has 0 radical (unpaired) electrons. The highest BCUT2D eigenvalue weighted by Gasteiger charge is 2.27. The molecule has 92 valence electrons. The molecule has 17 heavy (non-hydrogen) atoms. The van der Waals surface area contributed by atoms with Crippen molar-refractivity contribution in [3.63, 3.8) is 0 Å². The lowest BCUT2D eigenvalue weighted by atomic mass is 10.2. The first-order valence-corrected chi connectivity index (χ1v) is 6.66. The smallest absolute Gasteiger partial charge is 0.131 e. The van der Waals surface area contributed by atoms with E-state index in [-0.39, 0.29) is 0 Å². The van der Waals surface area contributed by atoms with Gasteiger partial charge in [-0.15, -0.1) is 0 Å².